The summed E-state index contributed by atoms with van der Waals surface area (Å²) in [5, 5.41) is 0. The standard InChI is InChI=1S/C13H18O4/c1-4-16-13(14)10(2)9-17-12-7-5-11(15-3)6-8-12/h5-8,10H,4,9H2,1-3H3. The maximum atomic E-state index is 11.3. The van der Waals surface area contributed by atoms with Crippen LogP contribution in [0.1, 0.15) is 13.8 Å². The van der Waals surface area contributed by atoms with Crippen LogP contribution >= 0.6 is 0 Å². The second-order valence-electron chi connectivity index (χ2n) is 3.64. The molecule has 0 saturated heterocycles. The van der Waals surface area contributed by atoms with Gasteiger partial charge in [-0.05, 0) is 38.1 Å². The van der Waals surface area contributed by atoms with Crippen molar-refractivity contribution in [2.75, 3.05) is 20.3 Å². The smallest absolute Gasteiger partial charge is 0.312 e. The number of carbonyl (C=O) groups is 1. The van der Waals surface area contributed by atoms with Gasteiger partial charge in [0, 0.05) is 0 Å². The minimum Gasteiger partial charge on any atom is -0.497 e. The Morgan fingerprint density at radius 3 is 2.35 bits per heavy atom. The van der Waals surface area contributed by atoms with Crippen LogP contribution in [0.15, 0.2) is 24.3 Å². The minimum atomic E-state index is -0.267. The topological polar surface area (TPSA) is 44.8 Å². The van der Waals surface area contributed by atoms with Crippen LogP contribution in [0.25, 0.3) is 0 Å². The third kappa shape index (κ3) is 4.34. The molecule has 0 aromatic heterocycles. The molecule has 1 aromatic carbocycles. The lowest BCUT2D eigenvalue weighted by Crippen LogP contribution is -2.21. The van der Waals surface area contributed by atoms with Crippen molar-refractivity contribution in [3.63, 3.8) is 0 Å². The van der Waals surface area contributed by atoms with Gasteiger partial charge in [-0.2, -0.15) is 0 Å². The van der Waals surface area contributed by atoms with Crippen molar-refractivity contribution in [2.45, 2.75) is 13.8 Å². The van der Waals surface area contributed by atoms with E-state index in [0.717, 1.165) is 5.75 Å². The van der Waals surface area contributed by atoms with Gasteiger partial charge < -0.3 is 14.2 Å². The summed E-state index contributed by atoms with van der Waals surface area (Å²) in [5.41, 5.74) is 0. The maximum Gasteiger partial charge on any atom is 0.312 e. The van der Waals surface area contributed by atoms with E-state index < -0.39 is 0 Å². The lowest BCUT2D eigenvalue weighted by molar-refractivity contribution is -0.148. The predicted octanol–water partition coefficient (Wildman–Crippen LogP) is 2.27. The summed E-state index contributed by atoms with van der Waals surface area (Å²) in [6, 6.07) is 7.22. The number of hydrogen-bond donors (Lipinski definition) is 0. The number of ether oxygens (including phenoxy) is 3. The third-order valence-corrected chi connectivity index (χ3v) is 2.25. The van der Waals surface area contributed by atoms with Crippen LogP contribution in [0.2, 0.25) is 0 Å². The van der Waals surface area contributed by atoms with Crippen LogP contribution in [0.5, 0.6) is 11.5 Å². The minimum absolute atomic E-state index is 0.235. The molecular weight excluding hydrogens is 220 g/mol. The fourth-order valence-electron chi connectivity index (χ4n) is 1.25. The highest BCUT2D eigenvalue weighted by Crippen LogP contribution is 2.17. The first-order chi connectivity index (χ1) is 8.17. The van der Waals surface area contributed by atoms with Crippen LogP contribution in [0, 0.1) is 5.92 Å². The van der Waals surface area contributed by atoms with Gasteiger partial charge >= 0.3 is 5.97 Å². The van der Waals surface area contributed by atoms with Crippen LogP contribution in [0.4, 0.5) is 0 Å². The fourth-order valence-corrected chi connectivity index (χ4v) is 1.25. The van der Waals surface area contributed by atoms with Crippen LogP contribution in [-0.4, -0.2) is 26.3 Å². The summed E-state index contributed by atoms with van der Waals surface area (Å²) in [4.78, 5) is 11.3. The molecule has 0 spiro atoms. The molecule has 0 bridgehead atoms. The molecular formula is C13H18O4. The van der Waals surface area contributed by atoms with Gasteiger partial charge in [0.2, 0.25) is 0 Å². The molecule has 0 fully saturated rings. The maximum absolute atomic E-state index is 11.3. The van der Waals surface area contributed by atoms with Gasteiger partial charge in [-0.3, -0.25) is 4.79 Å². The van der Waals surface area contributed by atoms with E-state index in [4.69, 9.17) is 14.2 Å². The molecule has 0 aliphatic carbocycles. The Kier molecular flexibility index (Phi) is 5.33. The first-order valence-corrected chi connectivity index (χ1v) is 5.60. The van der Waals surface area contributed by atoms with Crippen molar-refractivity contribution in [2.24, 2.45) is 5.92 Å². The zero-order chi connectivity index (χ0) is 12.7. The summed E-state index contributed by atoms with van der Waals surface area (Å²) >= 11 is 0. The van der Waals surface area contributed by atoms with Crippen molar-refractivity contribution in [3.05, 3.63) is 24.3 Å². The van der Waals surface area contributed by atoms with Crippen molar-refractivity contribution < 1.29 is 19.0 Å². The molecule has 0 aliphatic rings. The summed E-state index contributed by atoms with van der Waals surface area (Å²) in [6.07, 6.45) is 0. The van der Waals surface area contributed by atoms with E-state index in [-0.39, 0.29) is 11.9 Å². The second-order valence-corrected chi connectivity index (χ2v) is 3.64. The molecule has 17 heavy (non-hydrogen) atoms. The molecule has 0 aliphatic heterocycles. The van der Waals surface area contributed by atoms with Gasteiger partial charge in [0.15, 0.2) is 0 Å². The fraction of sp³-hybridized carbons (Fsp3) is 0.462. The van der Waals surface area contributed by atoms with Crippen LogP contribution in [0.3, 0.4) is 0 Å². The molecule has 94 valence electrons. The Morgan fingerprint density at radius 2 is 1.82 bits per heavy atom. The second kappa shape index (κ2) is 6.78. The Bertz CT molecular complexity index is 345. The average Bonchev–Trinajstić information content (AvgIpc) is 2.36. The molecule has 0 radical (unpaired) electrons. The van der Waals surface area contributed by atoms with Crippen LogP contribution in [-0.2, 0) is 9.53 Å². The van der Waals surface area contributed by atoms with E-state index in [2.05, 4.69) is 0 Å². The van der Waals surface area contributed by atoms with Gasteiger partial charge in [-0.15, -0.1) is 0 Å². The Balaban J connectivity index is 2.41. The molecule has 1 aromatic rings. The third-order valence-electron chi connectivity index (χ3n) is 2.25. The van der Waals surface area contributed by atoms with Gasteiger partial charge in [0.25, 0.3) is 0 Å². The zero-order valence-corrected chi connectivity index (χ0v) is 10.4. The number of esters is 1. The quantitative estimate of drug-likeness (QED) is 0.713. The molecule has 0 N–H and O–H groups in total. The molecule has 1 rings (SSSR count). The summed E-state index contributed by atoms with van der Waals surface area (Å²) in [5.74, 6) is 0.982. The molecule has 0 amide bonds. The van der Waals surface area contributed by atoms with Gasteiger partial charge in [0.05, 0.1) is 19.6 Å². The molecule has 1 atom stereocenters. The molecule has 4 nitrogen and oxygen atoms in total. The number of methoxy groups -OCH3 is 1. The molecule has 0 saturated carbocycles. The van der Waals surface area contributed by atoms with Gasteiger partial charge in [-0.25, -0.2) is 0 Å². The summed E-state index contributed by atoms with van der Waals surface area (Å²) in [7, 11) is 1.61. The number of carbonyl (C=O) groups excluding carboxylic acids is 1. The van der Waals surface area contributed by atoms with Gasteiger partial charge in [-0.1, -0.05) is 0 Å². The average molecular weight is 238 g/mol. The number of benzene rings is 1. The zero-order valence-electron chi connectivity index (χ0n) is 10.4. The highest BCUT2D eigenvalue weighted by Gasteiger charge is 2.14. The normalized spacial score (nSPS) is 11.7. The van der Waals surface area contributed by atoms with Gasteiger partial charge in [0.1, 0.15) is 18.1 Å². The van der Waals surface area contributed by atoms with E-state index in [0.29, 0.717) is 19.0 Å². The van der Waals surface area contributed by atoms with E-state index in [9.17, 15) is 4.79 Å². The van der Waals surface area contributed by atoms with E-state index in [1.807, 2.05) is 12.1 Å². The number of rotatable bonds is 6. The SMILES string of the molecule is CCOC(=O)C(C)COc1ccc(OC)cc1. The van der Waals surface area contributed by atoms with E-state index >= 15 is 0 Å². The highest BCUT2D eigenvalue weighted by molar-refractivity contribution is 5.72. The van der Waals surface area contributed by atoms with E-state index in [1.165, 1.54) is 0 Å². The summed E-state index contributed by atoms with van der Waals surface area (Å²) in [6.45, 7) is 4.27. The highest BCUT2D eigenvalue weighted by atomic mass is 16.5. The largest absolute Gasteiger partial charge is 0.497 e. The monoisotopic (exact) mass is 238 g/mol. The first kappa shape index (κ1) is 13.4. The summed E-state index contributed by atoms with van der Waals surface area (Å²) < 4.78 is 15.4. The predicted molar refractivity (Wildman–Crippen MR) is 64.3 cm³/mol. The van der Waals surface area contributed by atoms with Crippen molar-refractivity contribution in [1.82, 2.24) is 0 Å². The van der Waals surface area contributed by atoms with Crippen molar-refractivity contribution in [3.8, 4) is 11.5 Å². The Morgan fingerprint density at radius 1 is 1.24 bits per heavy atom. The molecule has 1 unspecified atom stereocenters. The van der Waals surface area contributed by atoms with Crippen molar-refractivity contribution in [1.29, 1.82) is 0 Å². The molecule has 4 heteroatoms. The first-order valence-electron chi connectivity index (χ1n) is 5.60. The molecule has 0 heterocycles. The van der Waals surface area contributed by atoms with E-state index in [1.54, 1.807) is 33.1 Å². The number of hydrogen-bond acceptors (Lipinski definition) is 4. The Hall–Kier alpha value is -1.71. The van der Waals surface area contributed by atoms with Crippen LogP contribution < -0.4 is 9.47 Å². The van der Waals surface area contributed by atoms with Crippen molar-refractivity contribution >= 4 is 5.97 Å². The Labute approximate surface area is 101 Å². The lowest BCUT2D eigenvalue weighted by atomic mass is 10.2. The lowest BCUT2D eigenvalue weighted by Gasteiger charge is -2.12.